The summed E-state index contributed by atoms with van der Waals surface area (Å²) >= 11 is 0. The maximum Gasteiger partial charge on any atom is 0.417 e. The Morgan fingerprint density at radius 1 is 1.71 bits per heavy atom. The monoisotopic (exact) mass is 199 g/mol. The topological polar surface area (TPSA) is 82.5 Å². The minimum atomic E-state index is -0.674. The van der Waals surface area contributed by atoms with Crippen molar-refractivity contribution in [3.05, 3.63) is 0 Å². The second kappa shape index (κ2) is 4.08. The molecule has 1 aliphatic rings. The summed E-state index contributed by atoms with van der Waals surface area (Å²) in [4.78, 5) is 23.6. The van der Waals surface area contributed by atoms with E-state index >= 15 is 0 Å². The fraction of sp³-hybridized carbons (Fsp3) is 0.625. The Balaban J connectivity index is 2.83. The van der Waals surface area contributed by atoms with Gasteiger partial charge in [-0.15, -0.1) is 0 Å². The first-order valence-electron chi connectivity index (χ1n) is 4.38. The van der Waals surface area contributed by atoms with Crippen molar-refractivity contribution >= 4 is 18.0 Å². The van der Waals surface area contributed by atoms with Gasteiger partial charge in [0.05, 0.1) is 7.11 Å². The highest BCUT2D eigenvalue weighted by atomic mass is 16.5. The number of amides is 2. The summed E-state index contributed by atoms with van der Waals surface area (Å²) in [7, 11) is 1.22. The molecule has 0 saturated carbocycles. The van der Waals surface area contributed by atoms with Crippen LogP contribution in [0.5, 0.6) is 0 Å². The average molecular weight is 199 g/mol. The Labute approximate surface area is 81.7 Å². The number of hydrogen-bond acceptors (Lipinski definition) is 4. The molecule has 0 aromatic rings. The van der Waals surface area contributed by atoms with Crippen LogP contribution in [0.25, 0.3) is 0 Å². The lowest BCUT2D eigenvalue weighted by Gasteiger charge is -2.18. The van der Waals surface area contributed by atoms with Crippen LogP contribution >= 0.6 is 0 Å². The molecule has 2 N–H and O–H groups in total. The lowest BCUT2D eigenvalue weighted by Crippen LogP contribution is -2.40. The molecule has 14 heavy (non-hydrogen) atoms. The minimum absolute atomic E-state index is 0.208. The number of guanidine groups is 1. The molecule has 0 aromatic carbocycles. The molecule has 6 heteroatoms. The fourth-order valence-corrected chi connectivity index (χ4v) is 1.38. The van der Waals surface area contributed by atoms with Crippen molar-refractivity contribution < 1.29 is 14.3 Å². The van der Waals surface area contributed by atoms with Crippen molar-refractivity contribution in [2.75, 3.05) is 7.11 Å². The van der Waals surface area contributed by atoms with Gasteiger partial charge in [0.1, 0.15) is 6.04 Å². The van der Waals surface area contributed by atoms with Crippen LogP contribution in [-0.2, 0) is 9.53 Å². The molecule has 2 amide bonds. The summed E-state index contributed by atoms with van der Waals surface area (Å²) < 4.78 is 4.48. The number of nitrogens with zero attached hydrogens (tertiary/aromatic N) is 1. The highest BCUT2D eigenvalue weighted by molar-refractivity contribution is 6.11. The Morgan fingerprint density at radius 2 is 2.36 bits per heavy atom. The zero-order chi connectivity index (χ0) is 10.7. The number of hydrogen-bond donors (Lipinski definition) is 2. The first-order valence-corrected chi connectivity index (χ1v) is 4.38. The van der Waals surface area contributed by atoms with Gasteiger partial charge in [0, 0.05) is 0 Å². The van der Waals surface area contributed by atoms with Crippen LogP contribution in [0, 0.1) is 5.41 Å². The van der Waals surface area contributed by atoms with Crippen LogP contribution in [-0.4, -0.2) is 36.0 Å². The van der Waals surface area contributed by atoms with E-state index in [1.807, 2.05) is 6.92 Å². The van der Waals surface area contributed by atoms with Gasteiger partial charge < -0.3 is 4.74 Å². The van der Waals surface area contributed by atoms with Crippen molar-refractivity contribution in [1.82, 2.24) is 10.2 Å². The Bertz CT molecular complexity index is 277. The standard InChI is InChI=1S/C8H13N3O3/c1-3-4-5-6(12)10-7(9)11(5)8(13)14-2/h5H,3-4H2,1-2H3,(H2,9,10,12)/t5-/m0/s1. The lowest BCUT2D eigenvalue weighted by molar-refractivity contribution is -0.121. The van der Waals surface area contributed by atoms with E-state index in [0.717, 1.165) is 11.3 Å². The second-order valence-corrected chi connectivity index (χ2v) is 2.98. The normalized spacial score (nSPS) is 21.0. The van der Waals surface area contributed by atoms with E-state index in [4.69, 9.17) is 5.41 Å². The average Bonchev–Trinajstić information content (AvgIpc) is 2.42. The predicted octanol–water partition coefficient (Wildman–Crippen LogP) is 0.288. The van der Waals surface area contributed by atoms with Crippen molar-refractivity contribution in [3.63, 3.8) is 0 Å². The van der Waals surface area contributed by atoms with Gasteiger partial charge >= 0.3 is 6.09 Å². The molecular weight excluding hydrogens is 186 g/mol. The molecule has 1 rings (SSSR count). The molecule has 0 aromatic heterocycles. The molecule has 0 spiro atoms. The number of ether oxygens (including phenoxy) is 1. The summed E-state index contributed by atoms with van der Waals surface area (Å²) in [5.41, 5.74) is 0. The summed E-state index contributed by atoms with van der Waals surface area (Å²) in [6.45, 7) is 1.91. The van der Waals surface area contributed by atoms with Gasteiger partial charge in [-0.05, 0) is 6.42 Å². The van der Waals surface area contributed by atoms with Gasteiger partial charge in [-0.25, -0.2) is 9.69 Å². The van der Waals surface area contributed by atoms with Crippen molar-refractivity contribution in [2.24, 2.45) is 0 Å². The molecule has 0 radical (unpaired) electrons. The molecule has 0 aliphatic carbocycles. The molecule has 78 valence electrons. The zero-order valence-electron chi connectivity index (χ0n) is 8.16. The molecule has 6 nitrogen and oxygen atoms in total. The number of carbonyl (C=O) groups is 2. The minimum Gasteiger partial charge on any atom is -0.452 e. The van der Waals surface area contributed by atoms with Crippen molar-refractivity contribution in [1.29, 1.82) is 5.41 Å². The first kappa shape index (κ1) is 10.5. The summed E-state index contributed by atoms with van der Waals surface area (Å²) in [6, 6.07) is -0.597. The number of carbonyl (C=O) groups excluding carboxylic acids is 2. The Morgan fingerprint density at radius 3 is 2.86 bits per heavy atom. The quantitative estimate of drug-likeness (QED) is 0.670. The SMILES string of the molecule is CCC[C@H]1C(=O)NC(=N)N1C(=O)OC. The third-order valence-electron chi connectivity index (χ3n) is 2.03. The maximum atomic E-state index is 11.3. The molecule has 1 fully saturated rings. The molecule has 1 aliphatic heterocycles. The van der Waals surface area contributed by atoms with E-state index in [2.05, 4.69) is 10.1 Å². The highest BCUT2D eigenvalue weighted by Crippen LogP contribution is 2.14. The van der Waals surface area contributed by atoms with Gasteiger partial charge in [0.2, 0.25) is 11.9 Å². The van der Waals surface area contributed by atoms with Crippen molar-refractivity contribution in [2.45, 2.75) is 25.8 Å². The first-order chi connectivity index (χ1) is 6.61. The molecule has 0 bridgehead atoms. The molecule has 0 unspecified atom stereocenters. The van der Waals surface area contributed by atoms with Crippen LogP contribution in [0.3, 0.4) is 0 Å². The summed E-state index contributed by atoms with van der Waals surface area (Å²) in [5, 5.41) is 9.66. The van der Waals surface area contributed by atoms with E-state index < -0.39 is 12.1 Å². The van der Waals surface area contributed by atoms with Gasteiger partial charge in [0.15, 0.2) is 0 Å². The predicted molar refractivity (Wildman–Crippen MR) is 48.8 cm³/mol. The van der Waals surface area contributed by atoms with Gasteiger partial charge in [-0.2, -0.15) is 0 Å². The zero-order valence-corrected chi connectivity index (χ0v) is 8.16. The van der Waals surface area contributed by atoms with E-state index in [1.54, 1.807) is 0 Å². The van der Waals surface area contributed by atoms with Crippen LogP contribution in [0.2, 0.25) is 0 Å². The fourth-order valence-electron chi connectivity index (χ4n) is 1.38. The van der Waals surface area contributed by atoms with Crippen molar-refractivity contribution in [3.8, 4) is 0 Å². The van der Waals surface area contributed by atoms with Gasteiger partial charge in [-0.1, -0.05) is 13.3 Å². The van der Waals surface area contributed by atoms with E-state index in [-0.39, 0.29) is 11.9 Å². The lowest BCUT2D eigenvalue weighted by atomic mass is 10.1. The Hall–Kier alpha value is -1.59. The second-order valence-electron chi connectivity index (χ2n) is 2.98. The number of methoxy groups -OCH3 is 1. The van der Waals surface area contributed by atoms with Crippen LogP contribution in [0.1, 0.15) is 19.8 Å². The molecule has 1 heterocycles. The van der Waals surface area contributed by atoms with E-state index in [0.29, 0.717) is 6.42 Å². The smallest absolute Gasteiger partial charge is 0.417 e. The highest BCUT2D eigenvalue weighted by Gasteiger charge is 2.40. The number of rotatable bonds is 2. The molecule has 1 atom stereocenters. The van der Waals surface area contributed by atoms with E-state index in [1.165, 1.54) is 7.11 Å². The third-order valence-corrected chi connectivity index (χ3v) is 2.03. The van der Waals surface area contributed by atoms with Crippen LogP contribution < -0.4 is 5.32 Å². The maximum absolute atomic E-state index is 11.3. The van der Waals surface area contributed by atoms with Crippen LogP contribution in [0.15, 0.2) is 0 Å². The summed E-state index contributed by atoms with van der Waals surface area (Å²) in [6.07, 6.45) is 0.620. The number of nitrogens with one attached hydrogen (secondary N) is 2. The molecule has 1 saturated heterocycles. The van der Waals surface area contributed by atoms with Gasteiger partial charge in [-0.3, -0.25) is 15.5 Å². The van der Waals surface area contributed by atoms with E-state index in [9.17, 15) is 9.59 Å². The largest absolute Gasteiger partial charge is 0.452 e. The van der Waals surface area contributed by atoms with Crippen LogP contribution in [0.4, 0.5) is 4.79 Å². The Kier molecular flexibility index (Phi) is 3.06. The third kappa shape index (κ3) is 1.68. The molecular formula is C8H13N3O3. The van der Waals surface area contributed by atoms with Gasteiger partial charge in [0.25, 0.3) is 0 Å². The summed E-state index contributed by atoms with van der Waals surface area (Å²) in [5.74, 6) is -0.525.